The molecule has 1 N–H and O–H groups in total. The van der Waals surface area contributed by atoms with Gasteiger partial charge in [-0.1, -0.05) is 164 Å². The first-order valence-corrected chi connectivity index (χ1v) is 17.3. The van der Waals surface area contributed by atoms with E-state index in [0.29, 0.717) is 26.2 Å². The lowest BCUT2D eigenvalue weighted by Crippen LogP contribution is -2.45. The molecule has 5 heteroatoms. The van der Waals surface area contributed by atoms with E-state index >= 15 is 0 Å². The average Bonchev–Trinajstić information content (AvgIpc) is 3.00. The number of hydrogen-bond donors (Lipinski definition) is 1. The van der Waals surface area contributed by atoms with Crippen LogP contribution >= 0.6 is 0 Å². The van der Waals surface area contributed by atoms with E-state index in [2.05, 4.69) is 36.1 Å². The molecule has 43 heavy (non-hydrogen) atoms. The molecule has 0 fully saturated rings. The second kappa shape index (κ2) is 23.1. The number of ether oxygens (including phenoxy) is 1. The lowest BCUT2D eigenvalue weighted by molar-refractivity contribution is -0.0397. The molecule has 0 radical (unpaired) electrons. The van der Waals surface area contributed by atoms with Crippen molar-refractivity contribution in [3.8, 4) is 0 Å². The maximum atomic E-state index is 12.6. The van der Waals surface area contributed by atoms with Crippen molar-refractivity contribution in [2.45, 2.75) is 135 Å². The fourth-order valence-corrected chi connectivity index (χ4v) is 5.69. The minimum absolute atomic E-state index is 0.0325. The van der Waals surface area contributed by atoms with Crippen LogP contribution in [0.25, 0.3) is 0 Å². The Morgan fingerprint density at radius 2 is 1.07 bits per heavy atom. The largest absolute Gasteiger partial charge is 0.446 e. The van der Waals surface area contributed by atoms with Gasteiger partial charge in [0.25, 0.3) is 0 Å². The Kier molecular flexibility index (Phi) is 19.8. The van der Waals surface area contributed by atoms with Crippen LogP contribution in [-0.2, 0) is 17.8 Å². The number of carbonyl (C=O) groups excluding carboxylic acids is 1. The first kappa shape index (κ1) is 36.8. The van der Waals surface area contributed by atoms with Gasteiger partial charge in [-0.15, -0.1) is 0 Å². The normalized spacial score (nSPS) is 12.8. The Labute approximate surface area is 264 Å². The zero-order valence-corrected chi connectivity index (χ0v) is 27.8. The molecular weight excluding hydrogens is 532 g/mol. The topological polar surface area (TPSA) is 53.0 Å². The van der Waals surface area contributed by atoms with Gasteiger partial charge in [-0.2, -0.15) is 0 Å². The number of carbonyl (C=O) groups is 1. The fourth-order valence-electron chi connectivity index (χ4n) is 5.69. The highest BCUT2D eigenvalue weighted by atomic mass is 16.6. The van der Waals surface area contributed by atoms with Gasteiger partial charge in [-0.05, 0) is 24.5 Å². The fraction of sp³-hybridized carbons (Fsp3) is 0.658. The van der Waals surface area contributed by atoms with Crippen LogP contribution in [0.4, 0.5) is 4.79 Å². The summed E-state index contributed by atoms with van der Waals surface area (Å²) in [6.45, 7) is 6.50. The molecule has 0 aliphatic carbocycles. The van der Waals surface area contributed by atoms with E-state index in [-0.39, 0.29) is 12.7 Å². The number of aliphatic hydroxyl groups is 1. The molecule has 2 aromatic carbocycles. The van der Waals surface area contributed by atoms with Crippen LogP contribution < -0.4 is 0 Å². The molecule has 5 nitrogen and oxygen atoms in total. The molecule has 2 aromatic rings. The first-order valence-electron chi connectivity index (χ1n) is 17.3. The highest BCUT2D eigenvalue weighted by molar-refractivity contribution is 5.67. The van der Waals surface area contributed by atoms with Crippen molar-refractivity contribution >= 4 is 6.09 Å². The zero-order chi connectivity index (χ0) is 31.0. The summed E-state index contributed by atoms with van der Waals surface area (Å²) in [6, 6.07) is 20.5. The average molecular weight is 595 g/mol. The quantitative estimate of drug-likeness (QED) is 0.116. The van der Waals surface area contributed by atoms with Crippen LogP contribution in [0.5, 0.6) is 0 Å². The maximum Gasteiger partial charge on any atom is 0.409 e. The number of nitrogens with zero attached hydrogens (tertiary/aromatic N) is 2. The van der Waals surface area contributed by atoms with Crippen LogP contribution in [0.3, 0.4) is 0 Å². The molecule has 242 valence electrons. The summed E-state index contributed by atoms with van der Waals surface area (Å²) in [7, 11) is 1.79. The van der Waals surface area contributed by atoms with Gasteiger partial charge in [0, 0.05) is 33.2 Å². The number of amides is 1. The maximum absolute atomic E-state index is 12.6. The van der Waals surface area contributed by atoms with Gasteiger partial charge >= 0.3 is 6.09 Å². The second-order valence-corrected chi connectivity index (χ2v) is 12.9. The van der Waals surface area contributed by atoms with Gasteiger partial charge in [-0.3, -0.25) is 4.90 Å². The Balaban J connectivity index is 1.55. The molecular formula is C38H62N2O3. The second-order valence-electron chi connectivity index (χ2n) is 12.9. The van der Waals surface area contributed by atoms with Crippen molar-refractivity contribution in [2.24, 2.45) is 0 Å². The van der Waals surface area contributed by atoms with Crippen molar-refractivity contribution in [3.05, 3.63) is 71.8 Å². The summed E-state index contributed by atoms with van der Waals surface area (Å²) in [5, 5.41) is 11.2. The van der Waals surface area contributed by atoms with Crippen LogP contribution in [0.2, 0.25) is 0 Å². The van der Waals surface area contributed by atoms with E-state index in [1.165, 1.54) is 101 Å². The molecule has 0 aromatic heterocycles. The van der Waals surface area contributed by atoms with Gasteiger partial charge in [0.15, 0.2) is 0 Å². The van der Waals surface area contributed by atoms with E-state index in [0.717, 1.165) is 12.8 Å². The van der Waals surface area contributed by atoms with E-state index in [1.807, 2.05) is 36.4 Å². The van der Waals surface area contributed by atoms with Crippen LogP contribution in [-0.4, -0.2) is 53.3 Å². The molecule has 1 atom stereocenters. The zero-order valence-electron chi connectivity index (χ0n) is 27.8. The molecule has 0 saturated carbocycles. The molecule has 1 unspecified atom stereocenters. The minimum Gasteiger partial charge on any atom is -0.446 e. The van der Waals surface area contributed by atoms with Crippen LogP contribution in [0, 0.1) is 0 Å². The Bertz CT molecular complexity index is 893. The van der Waals surface area contributed by atoms with E-state index in [9.17, 15) is 9.90 Å². The number of benzene rings is 2. The van der Waals surface area contributed by atoms with Crippen molar-refractivity contribution < 1.29 is 14.6 Å². The molecule has 0 spiro atoms. The van der Waals surface area contributed by atoms with Crippen molar-refractivity contribution in [2.75, 3.05) is 26.7 Å². The SMILES string of the molecule is CCCCCCCCCCCCCCCCCCN(C)C(=O)OCC(C)(O)CN(Cc1ccccc1)Cc1ccccc1. The Morgan fingerprint density at radius 1 is 0.674 bits per heavy atom. The number of hydrogen-bond acceptors (Lipinski definition) is 4. The van der Waals surface area contributed by atoms with Gasteiger partial charge < -0.3 is 14.7 Å². The molecule has 0 saturated heterocycles. The van der Waals surface area contributed by atoms with Gasteiger partial charge in [-0.25, -0.2) is 4.79 Å². The summed E-state index contributed by atoms with van der Waals surface area (Å²) in [5.41, 5.74) is 1.21. The van der Waals surface area contributed by atoms with Crippen LogP contribution in [0.1, 0.15) is 128 Å². The first-order chi connectivity index (χ1) is 20.9. The Hall–Kier alpha value is -2.37. The molecule has 0 heterocycles. The summed E-state index contributed by atoms with van der Waals surface area (Å²) >= 11 is 0. The molecule has 0 aliphatic rings. The lowest BCUT2D eigenvalue weighted by atomic mass is 10.0. The molecule has 0 bridgehead atoms. The highest BCUT2D eigenvalue weighted by Crippen LogP contribution is 2.17. The smallest absolute Gasteiger partial charge is 0.409 e. The van der Waals surface area contributed by atoms with Crippen molar-refractivity contribution in [1.82, 2.24) is 9.80 Å². The summed E-state index contributed by atoms with van der Waals surface area (Å²) < 4.78 is 5.56. The highest BCUT2D eigenvalue weighted by Gasteiger charge is 2.27. The van der Waals surface area contributed by atoms with Crippen LogP contribution in [0.15, 0.2) is 60.7 Å². The molecule has 0 aliphatic heterocycles. The number of rotatable bonds is 25. The van der Waals surface area contributed by atoms with Crippen molar-refractivity contribution in [1.29, 1.82) is 0 Å². The summed E-state index contributed by atoms with van der Waals surface area (Å²) in [6.07, 6.45) is 21.0. The van der Waals surface area contributed by atoms with Crippen molar-refractivity contribution in [3.63, 3.8) is 0 Å². The van der Waals surface area contributed by atoms with Gasteiger partial charge in [0.05, 0.1) is 0 Å². The standard InChI is InChI=1S/C38H62N2O3/c1-4-5-6-7-8-9-10-11-12-13-14-15-16-17-18-25-30-39(3)37(41)43-34-38(2,42)33-40(31-35-26-21-19-22-27-35)32-36-28-23-20-24-29-36/h19-24,26-29,42H,4-18,25,30-34H2,1-3H3. The van der Waals surface area contributed by atoms with Gasteiger partial charge in [0.2, 0.25) is 0 Å². The molecule has 1 amide bonds. The molecule has 2 rings (SSSR count). The third-order valence-corrected chi connectivity index (χ3v) is 8.23. The van der Waals surface area contributed by atoms with E-state index in [1.54, 1.807) is 18.9 Å². The minimum atomic E-state index is -1.16. The Morgan fingerprint density at radius 3 is 1.49 bits per heavy atom. The third kappa shape index (κ3) is 18.8. The number of unbranched alkanes of at least 4 members (excludes halogenated alkanes) is 15. The van der Waals surface area contributed by atoms with E-state index < -0.39 is 5.60 Å². The van der Waals surface area contributed by atoms with Gasteiger partial charge in [0.1, 0.15) is 12.2 Å². The summed E-state index contributed by atoms with van der Waals surface area (Å²) in [4.78, 5) is 16.5. The van der Waals surface area contributed by atoms with E-state index in [4.69, 9.17) is 4.74 Å². The lowest BCUT2D eigenvalue weighted by Gasteiger charge is -2.32. The monoisotopic (exact) mass is 594 g/mol. The summed E-state index contributed by atoms with van der Waals surface area (Å²) in [5.74, 6) is 0. The predicted octanol–water partition coefficient (Wildman–Crippen LogP) is 9.77. The predicted molar refractivity (Wildman–Crippen MR) is 181 cm³/mol. The third-order valence-electron chi connectivity index (χ3n) is 8.23.